The summed E-state index contributed by atoms with van der Waals surface area (Å²) in [6.07, 6.45) is 0. The number of halogens is 1. The van der Waals surface area contributed by atoms with Gasteiger partial charge in [-0.3, -0.25) is 0 Å². The SMILES string of the molecule is Cc1cccc2oc(=O)cc(CSc3nnc(CSc4nc5cc(Cl)ccc5o4)o3)c12. The average molecular weight is 472 g/mol. The molecule has 0 aliphatic heterocycles. The van der Waals surface area contributed by atoms with E-state index in [-0.39, 0.29) is 5.63 Å². The molecule has 5 rings (SSSR count). The molecular formula is C21H14ClN3O4S2. The topological polar surface area (TPSA) is 95.2 Å². The predicted molar refractivity (Wildman–Crippen MR) is 120 cm³/mol. The molecular weight excluding hydrogens is 458 g/mol. The Morgan fingerprint density at radius 3 is 2.71 bits per heavy atom. The average Bonchev–Trinajstić information content (AvgIpc) is 3.36. The van der Waals surface area contributed by atoms with Crippen molar-refractivity contribution >= 4 is 57.2 Å². The summed E-state index contributed by atoms with van der Waals surface area (Å²) in [5, 5.41) is 10.6. The molecule has 0 spiro atoms. The number of aryl methyl sites for hydroxylation is 1. The van der Waals surface area contributed by atoms with Gasteiger partial charge in [0.2, 0.25) is 5.89 Å². The first-order valence-electron chi connectivity index (χ1n) is 9.21. The number of fused-ring (bicyclic) bond motifs is 2. The zero-order chi connectivity index (χ0) is 21.4. The second-order valence-electron chi connectivity index (χ2n) is 6.67. The Kier molecular flexibility index (Phi) is 5.47. The van der Waals surface area contributed by atoms with Crippen LogP contribution in [0.5, 0.6) is 0 Å². The van der Waals surface area contributed by atoms with Crippen LogP contribution < -0.4 is 5.63 Å². The molecule has 3 aromatic heterocycles. The molecule has 0 saturated carbocycles. The number of rotatable bonds is 6. The number of hydrogen-bond donors (Lipinski definition) is 0. The molecule has 0 aliphatic carbocycles. The van der Waals surface area contributed by atoms with Gasteiger partial charge >= 0.3 is 5.63 Å². The Hall–Kier alpha value is -2.75. The van der Waals surface area contributed by atoms with Gasteiger partial charge in [-0.15, -0.1) is 10.2 Å². The van der Waals surface area contributed by atoms with Gasteiger partial charge in [0.05, 0.1) is 5.75 Å². The Morgan fingerprint density at radius 1 is 0.935 bits per heavy atom. The second kappa shape index (κ2) is 8.41. The summed E-state index contributed by atoms with van der Waals surface area (Å²) >= 11 is 8.71. The van der Waals surface area contributed by atoms with E-state index in [0.717, 1.165) is 16.5 Å². The normalized spacial score (nSPS) is 11.5. The van der Waals surface area contributed by atoms with Gasteiger partial charge in [0.15, 0.2) is 5.58 Å². The van der Waals surface area contributed by atoms with Crippen molar-refractivity contribution in [1.82, 2.24) is 15.2 Å². The lowest BCUT2D eigenvalue weighted by molar-refractivity contribution is 0.425. The molecule has 0 fully saturated rings. The van der Waals surface area contributed by atoms with Crippen molar-refractivity contribution < 1.29 is 13.3 Å². The van der Waals surface area contributed by atoms with Crippen molar-refractivity contribution in [3.8, 4) is 0 Å². The molecule has 0 aliphatic rings. The maximum absolute atomic E-state index is 11.9. The van der Waals surface area contributed by atoms with E-state index >= 15 is 0 Å². The fraction of sp³-hybridized carbons (Fsp3) is 0.143. The van der Waals surface area contributed by atoms with Gasteiger partial charge in [-0.2, -0.15) is 0 Å². The molecule has 2 aromatic carbocycles. The zero-order valence-electron chi connectivity index (χ0n) is 16.1. The molecule has 0 N–H and O–H groups in total. The molecule has 0 radical (unpaired) electrons. The van der Waals surface area contributed by atoms with E-state index in [2.05, 4.69) is 15.2 Å². The quantitative estimate of drug-likeness (QED) is 0.222. The summed E-state index contributed by atoms with van der Waals surface area (Å²) in [6, 6.07) is 12.4. The summed E-state index contributed by atoms with van der Waals surface area (Å²) in [7, 11) is 0. The van der Waals surface area contributed by atoms with Crippen LogP contribution in [0.3, 0.4) is 0 Å². The van der Waals surface area contributed by atoms with E-state index in [0.29, 0.717) is 49.5 Å². The van der Waals surface area contributed by atoms with E-state index in [4.69, 9.17) is 24.9 Å². The summed E-state index contributed by atoms with van der Waals surface area (Å²) < 4.78 is 16.7. The van der Waals surface area contributed by atoms with Gasteiger partial charge in [0, 0.05) is 22.2 Å². The number of oxazole rings is 1. The number of nitrogens with zero attached hydrogens (tertiary/aromatic N) is 3. The molecule has 156 valence electrons. The lowest BCUT2D eigenvalue weighted by atomic mass is 10.1. The van der Waals surface area contributed by atoms with E-state index < -0.39 is 0 Å². The Bertz CT molecular complexity index is 1460. The number of thioether (sulfide) groups is 2. The minimum atomic E-state index is -0.379. The molecule has 0 saturated heterocycles. The van der Waals surface area contributed by atoms with Crippen molar-refractivity contribution in [1.29, 1.82) is 0 Å². The summed E-state index contributed by atoms with van der Waals surface area (Å²) in [5.74, 6) is 1.39. The standard InChI is InChI=1S/C21H14ClN3O4S2/c1-11-3-2-4-16-19(11)12(7-18(26)27-16)9-30-21-25-24-17(29-21)10-31-20-23-14-8-13(22)5-6-15(14)28-20/h2-8H,9-10H2,1H3. The lowest BCUT2D eigenvalue weighted by Crippen LogP contribution is -2.00. The Labute approximate surface area is 189 Å². The van der Waals surface area contributed by atoms with Crippen LogP contribution in [-0.2, 0) is 11.5 Å². The maximum Gasteiger partial charge on any atom is 0.336 e. The zero-order valence-corrected chi connectivity index (χ0v) is 18.5. The third-order valence-electron chi connectivity index (χ3n) is 4.51. The van der Waals surface area contributed by atoms with Gasteiger partial charge in [0.1, 0.15) is 11.1 Å². The van der Waals surface area contributed by atoms with Gasteiger partial charge < -0.3 is 13.3 Å². The van der Waals surface area contributed by atoms with E-state index in [1.807, 2.05) is 19.1 Å². The second-order valence-corrected chi connectivity index (χ2v) is 8.96. The summed E-state index contributed by atoms with van der Waals surface area (Å²) in [4.78, 5) is 16.3. The monoisotopic (exact) mass is 471 g/mol. The third-order valence-corrected chi connectivity index (χ3v) is 6.42. The molecule has 31 heavy (non-hydrogen) atoms. The van der Waals surface area contributed by atoms with Crippen LogP contribution >= 0.6 is 35.1 Å². The highest BCUT2D eigenvalue weighted by atomic mass is 35.5. The highest BCUT2D eigenvalue weighted by molar-refractivity contribution is 7.98. The van der Waals surface area contributed by atoms with Crippen molar-refractivity contribution in [2.24, 2.45) is 0 Å². The van der Waals surface area contributed by atoms with Crippen molar-refractivity contribution in [2.75, 3.05) is 0 Å². The first-order valence-corrected chi connectivity index (χ1v) is 11.6. The molecule has 3 heterocycles. The minimum Gasteiger partial charge on any atom is -0.431 e. The molecule has 0 bridgehead atoms. The van der Waals surface area contributed by atoms with Crippen molar-refractivity contribution in [3.05, 3.63) is 74.9 Å². The number of benzene rings is 2. The largest absolute Gasteiger partial charge is 0.431 e. The molecule has 7 nitrogen and oxygen atoms in total. The van der Waals surface area contributed by atoms with E-state index in [1.54, 1.807) is 24.3 Å². The molecule has 10 heteroatoms. The first kappa shape index (κ1) is 20.2. The highest BCUT2D eigenvalue weighted by Gasteiger charge is 2.13. The molecule has 0 atom stereocenters. The van der Waals surface area contributed by atoms with Gasteiger partial charge in [-0.1, -0.05) is 47.3 Å². The Morgan fingerprint density at radius 2 is 1.81 bits per heavy atom. The van der Waals surface area contributed by atoms with Gasteiger partial charge in [-0.25, -0.2) is 9.78 Å². The van der Waals surface area contributed by atoms with Crippen LogP contribution in [0.1, 0.15) is 17.0 Å². The minimum absolute atomic E-state index is 0.379. The number of aromatic nitrogens is 3. The molecule has 0 amide bonds. The van der Waals surface area contributed by atoms with Crippen LogP contribution in [0.2, 0.25) is 5.02 Å². The van der Waals surface area contributed by atoms with Crippen LogP contribution in [0, 0.1) is 6.92 Å². The number of hydrogen-bond acceptors (Lipinski definition) is 9. The fourth-order valence-corrected chi connectivity index (χ4v) is 4.76. The van der Waals surface area contributed by atoms with Crippen molar-refractivity contribution in [2.45, 2.75) is 28.9 Å². The first-order chi connectivity index (χ1) is 15.0. The van der Waals surface area contributed by atoms with E-state index in [9.17, 15) is 4.79 Å². The summed E-state index contributed by atoms with van der Waals surface area (Å²) in [5.41, 5.74) is 3.48. The fourth-order valence-electron chi connectivity index (χ4n) is 3.16. The van der Waals surface area contributed by atoms with Gasteiger partial charge in [0.25, 0.3) is 10.4 Å². The van der Waals surface area contributed by atoms with Crippen LogP contribution in [0.25, 0.3) is 22.1 Å². The van der Waals surface area contributed by atoms with Gasteiger partial charge in [-0.05, 0) is 42.3 Å². The smallest absolute Gasteiger partial charge is 0.336 e. The van der Waals surface area contributed by atoms with Crippen LogP contribution in [0.4, 0.5) is 0 Å². The van der Waals surface area contributed by atoms with Crippen LogP contribution in [-0.4, -0.2) is 15.2 Å². The lowest BCUT2D eigenvalue weighted by Gasteiger charge is -2.06. The highest BCUT2D eigenvalue weighted by Crippen LogP contribution is 2.30. The third kappa shape index (κ3) is 4.34. The molecule has 0 unspecified atom stereocenters. The van der Waals surface area contributed by atoms with Crippen molar-refractivity contribution in [3.63, 3.8) is 0 Å². The van der Waals surface area contributed by atoms with Crippen LogP contribution in [0.15, 0.2) is 71.0 Å². The molecule has 5 aromatic rings. The maximum atomic E-state index is 11.9. The summed E-state index contributed by atoms with van der Waals surface area (Å²) in [6.45, 7) is 1.98. The predicted octanol–water partition coefficient (Wildman–Crippen LogP) is 5.86. The Balaban J connectivity index is 1.27. The van der Waals surface area contributed by atoms with E-state index in [1.165, 1.54) is 29.6 Å².